The molecule has 0 atom stereocenters. The van der Waals surface area contributed by atoms with Crippen LogP contribution in [0.5, 0.6) is 0 Å². The highest BCUT2D eigenvalue weighted by Gasteiger charge is 2.24. The molecule has 7 heteroatoms. The van der Waals surface area contributed by atoms with Crippen LogP contribution in [0.15, 0.2) is 30.7 Å². The lowest BCUT2D eigenvalue weighted by molar-refractivity contribution is 0.101. The molecule has 152 valence electrons. The Morgan fingerprint density at radius 2 is 2.00 bits per heavy atom. The molecule has 7 nitrogen and oxygen atoms in total. The molecule has 3 aromatic rings. The van der Waals surface area contributed by atoms with Crippen LogP contribution in [0.4, 0.5) is 5.69 Å². The van der Waals surface area contributed by atoms with Gasteiger partial charge in [-0.3, -0.25) is 14.9 Å². The van der Waals surface area contributed by atoms with Gasteiger partial charge in [0.25, 0.3) is 0 Å². The quantitative estimate of drug-likeness (QED) is 0.621. The number of aromatic nitrogens is 4. The molecule has 2 N–H and O–H groups in total. The van der Waals surface area contributed by atoms with Gasteiger partial charge in [0.15, 0.2) is 5.78 Å². The molecule has 1 saturated carbocycles. The highest BCUT2D eigenvalue weighted by molar-refractivity contribution is 6.06. The molecule has 0 radical (unpaired) electrons. The van der Waals surface area contributed by atoms with Crippen LogP contribution >= 0.6 is 0 Å². The van der Waals surface area contributed by atoms with Crippen molar-refractivity contribution in [3.63, 3.8) is 0 Å². The Kier molecular flexibility index (Phi) is 5.58. The predicted octanol–water partition coefficient (Wildman–Crippen LogP) is 3.75. The minimum absolute atomic E-state index is 0.00120. The van der Waals surface area contributed by atoms with Gasteiger partial charge in [0.05, 0.1) is 28.7 Å². The average molecular weight is 393 g/mol. The van der Waals surface area contributed by atoms with Crippen LogP contribution in [0.1, 0.15) is 43.0 Å². The Bertz CT molecular complexity index is 990. The average Bonchev–Trinajstić information content (AvgIpc) is 3.23. The molecule has 1 aliphatic rings. The number of hydrogen-bond donors (Lipinski definition) is 2. The Balaban J connectivity index is 1.65. The summed E-state index contributed by atoms with van der Waals surface area (Å²) >= 11 is 0. The Labute approximate surface area is 170 Å². The van der Waals surface area contributed by atoms with Gasteiger partial charge in [-0.2, -0.15) is 5.10 Å². The molecule has 0 aliphatic heterocycles. The summed E-state index contributed by atoms with van der Waals surface area (Å²) in [6.07, 6.45) is 9.82. The number of carbonyl (C=O) groups excluding carboxylic acids is 1. The van der Waals surface area contributed by atoms with Crippen molar-refractivity contribution in [3.05, 3.63) is 36.3 Å². The molecule has 0 amide bonds. The Morgan fingerprint density at radius 1 is 1.21 bits per heavy atom. The first-order chi connectivity index (χ1) is 14.0. The van der Waals surface area contributed by atoms with Gasteiger partial charge in [-0.1, -0.05) is 0 Å². The molecule has 1 aliphatic carbocycles. The number of fused-ring (bicyclic) bond motifs is 1. The fourth-order valence-corrected chi connectivity index (χ4v) is 4.24. The highest BCUT2D eigenvalue weighted by atomic mass is 16.1. The van der Waals surface area contributed by atoms with Gasteiger partial charge in [0.1, 0.15) is 5.52 Å². The van der Waals surface area contributed by atoms with Crippen LogP contribution in [-0.2, 0) is 0 Å². The topological polar surface area (TPSA) is 86.8 Å². The summed E-state index contributed by atoms with van der Waals surface area (Å²) in [4.78, 5) is 23.9. The second kappa shape index (κ2) is 8.29. The van der Waals surface area contributed by atoms with E-state index in [1.807, 2.05) is 18.3 Å². The monoisotopic (exact) mass is 392 g/mol. The zero-order valence-electron chi connectivity index (χ0n) is 17.3. The third-order valence-corrected chi connectivity index (χ3v) is 5.70. The molecule has 29 heavy (non-hydrogen) atoms. The SMILES string of the molecule is CC(=O)c1cnc2ccc(-c3cn[nH]c3)nc2c1N[C@H]1CC[C@H](CN(C)C)CC1. The maximum atomic E-state index is 12.3. The van der Waals surface area contributed by atoms with Crippen molar-refractivity contribution in [1.29, 1.82) is 0 Å². The van der Waals surface area contributed by atoms with Crippen LogP contribution in [0.25, 0.3) is 22.3 Å². The summed E-state index contributed by atoms with van der Waals surface area (Å²) in [5.41, 5.74) is 4.66. The van der Waals surface area contributed by atoms with Crippen LogP contribution < -0.4 is 5.32 Å². The number of rotatable bonds is 6. The number of hydrogen-bond acceptors (Lipinski definition) is 6. The second-order valence-electron chi connectivity index (χ2n) is 8.28. The van der Waals surface area contributed by atoms with Crippen molar-refractivity contribution in [1.82, 2.24) is 25.1 Å². The van der Waals surface area contributed by atoms with Crippen molar-refractivity contribution >= 4 is 22.5 Å². The van der Waals surface area contributed by atoms with E-state index >= 15 is 0 Å². The van der Waals surface area contributed by atoms with E-state index in [2.05, 4.69) is 39.5 Å². The van der Waals surface area contributed by atoms with Gasteiger partial charge < -0.3 is 10.2 Å². The number of pyridine rings is 2. The minimum Gasteiger partial charge on any atom is -0.380 e. The summed E-state index contributed by atoms with van der Waals surface area (Å²) in [6.45, 7) is 2.72. The molecule has 0 spiro atoms. The summed E-state index contributed by atoms with van der Waals surface area (Å²) in [6, 6.07) is 4.23. The number of nitrogens with one attached hydrogen (secondary N) is 2. The molecule has 0 bridgehead atoms. The van der Waals surface area contributed by atoms with E-state index in [1.165, 1.54) is 12.8 Å². The number of aromatic amines is 1. The predicted molar refractivity (Wildman–Crippen MR) is 115 cm³/mol. The lowest BCUT2D eigenvalue weighted by Gasteiger charge is -2.31. The van der Waals surface area contributed by atoms with E-state index in [-0.39, 0.29) is 5.78 Å². The van der Waals surface area contributed by atoms with Crippen molar-refractivity contribution < 1.29 is 4.79 Å². The van der Waals surface area contributed by atoms with Crippen molar-refractivity contribution in [2.45, 2.75) is 38.6 Å². The Hall–Kier alpha value is -2.80. The van der Waals surface area contributed by atoms with E-state index in [0.717, 1.165) is 53.3 Å². The third kappa shape index (κ3) is 4.29. The Morgan fingerprint density at radius 3 is 2.66 bits per heavy atom. The molecule has 0 aromatic carbocycles. The molecular formula is C22H28N6O. The zero-order chi connectivity index (χ0) is 20.4. The fraction of sp³-hybridized carbons (Fsp3) is 0.455. The lowest BCUT2D eigenvalue weighted by Crippen LogP contribution is -2.31. The van der Waals surface area contributed by atoms with Crippen molar-refractivity contribution in [3.8, 4) is 11.3 Å². The molecule has 4 rings (SSSR count). The third-order valence-electron chi connectivity index (χ3n) is 5.70. The smallest absolute Gasteiger partial charge is 0.163 e. The van der Waals surface area contributed by atoms with Crippen LogP contribution in [0.3, 0.4) is 0 Å². The zero-order valence-corrected chi connectivity index (χ0v) is 17.3. The number of ketones is 1. The van der Waals surface area contributed by atoms with Gasteiger partial charge in [-0.05, 0) is 64.8 Å². The maximum Gasteiger partial charge on any atom is 0.163 e. The van der Waals surface area contributed by atoms with Crippen LogP contribution in [-0.4, -0.2) is 57.5 Å². The van der Waals surface area contributed by atoms with E-state index in [0.29, 0.717) is 11.6 Å². The van der Waals surface area contributed by atoms with E-state index in [9.17, 15) is 4.79 Å². The molecule has 0 saturated heterocycles. The number of carbonyl (C=O) groups is 1. The fourth-order valence-electron chi connectivity index (χ4n) is 4.24. The number of H-pyrrole nitrogens is 1. The van der Waals surface area contributed by atoms with Crippen LogP contribution in [0.2, 0.25) is 0 Å². The summed E-state index contributed by atoms with van der Waals surface area (Å²) < 4.78 is 0. The molecular weight excluding hydrogens is 364 g/mol. The van der Waals surface area contributed by atoms with Crippen LogP contribution in [0, 0.1) is 5.92 Å². The standard InChI is InChI=1S/C22H28N6O/c1-14(29)18-12-23-20-9-8-19(16-10-24-25-11-16)27-22(20)21(18)26-17-6-4-15(5-7-17)13-28(2)3/h8-12,15,17H,4-7,13H2,1-3H3,(H,23,26)(H,24,25)/t15-,17-. The van der Waals surface area contributed by atoms with Crippen molar-refractivity contribution in [2.24, 2.45) is 5.92 Å². The van der Waals surface area contributed by atoms with Gasteiger partial charge in [-0.15, -0.1) is 0 Å². The lowest BCUT2D eigenvalue weighted by atomic mass is 9.85. The highest BCUT2D eigenvalue weighted by Crippen LogP contribution is 2.32. The van der Waals surface area contributed by atoms with Gasteiger partial charge >= 0.3 is 0 Å². The largest absolute Gasteiger partial charge is 0.380 e. The number of anilines is 1. The van der Waals surface area contributed by atoms with Gasteiger partial charge in [-0.25, -0.2) is 4.98 Å². The number of Topliss-reactive ketones (excluding diaryl/α,β-unsaturated/α-hetero) is 1. The molecule has 3 heterocycles. The van der Waals surface area contributed by atoms with E-state index < -0.39 is 0 Å². The first-order valence-corrected chi connectivity index (χ1v) is 10.2. The normalized spacial score (nSPS) is 19.6. The molecule has 0 unspecified atom stereocenters. The van der Waals surface area contributed by atoms with Crippen molar-refractivity contribution in [2.75, 3.05) is 26.0 Å². The minimum atomic E-state index is -0.00120. The first kappa shape index (κ1) is 19.5. The van der Waals surface area contributed by atoms with E-state index in [4.69, 9.17) is 4.98 Å². The molecule has 3 aromatic heterocycles. The molecule has 1 fully saturated rings. The first-order valence-electron chi connectivity index (χ1n) is 10.2. The summed E-state index contributed by atoms with van der Waals surface area (Å²) in [5, 5.41) is 10.5. The van der Waals surface area contributed by atoms with E-state index in [1.54, 1.807) is 19.3 Å². The summed E-state index contributed by atoms with van der Waals surface area (Å²) in [7, 11) is 4.27. The number of nitrogens with zero attached hydrogens (tertiary/aromatic N) is 4. The van der Waals surface area contributed by atoms with Gasteiger partial charge in [0, 0.05) is 30.5 Å². The summed E-state index contributed by atoms with van der Waals surface area (Å²) in [5.74, 6) is 0.744. The van der Waals surface area contributed by atoms with Gasteiger partial charge in [0.2, 0.25) is 0 Å². The maximum absolute atomic E-state index is 12.3. The second-order valence-corrected chi connectivity index (χ2v) is 8.28.